The fraction of sp³-hybridized carbons (Fsp3) is 0.400. The zero-order chi connectivity index (χ0) is 16.1. The molecule has 0 spiro atoms. The number of aryl methyl sites for hydroxylation is 1. The molecule has 1 aromatic heterocycles. The summed E-state index contributed by atoms with van der Waals surface area (Å²) in [6, 6.07) is 14.0. The highest BCUT2D eigenvalue weighted by Gasteiger charge is 2.13. The maximum atomic E-state index is 12.8. The lowest BCUT2D eigenvalue weighted by Gasteiger charge is -2.17. The van der Waals surface area contributed by atoms with Gasteiger partial charge < -0.3 is 0 Å². The second-order valence-electron chi connectivity index (χ2n) is 6.21. The first-order chi connectivity index (χ1) is 11.3. The minimum absolute atomic E-state index is 0.0113. The average Bonchev–Trinajstić information content (AvgIpc) is 2.62. The zero-order valence-electron chi connectivity index (χ0n) is 13.7. The normalized spacial score (nSPS) is 16.5. The van der Waals surface area contributed by atoms with E-state index >= 15 is 0 Å². The first kappa shape index (κ1) is 15.7. The van der Waals surface area contributed by atoms with Crippen LogP contribution in [-0.4, -0.2) is 16.5 Å². The van der Waals surface area contributed by atoms with E-state index in [0.717, 1.165) is 24.8 Å². The Labute approximate surface area is 137 Å². The molecule has 1 aliphatic carbocycles. The molecule has 0 aliphatic heterocycles. The van der Waals surface area contributed by atoms with E-state index in [9.17, 15) is 4.79 Å². The molecule has 0 N–H and O–H groups in total. The molecule has 0 amide bonds. The van der Waals surface area contributed by atoms with Crippen LogP contribution < -0.4 is 5.49 Å². The van der Waals surface area contributed by atoms with Gasteiger partial charge in [-0.1, -0.05) is 44.4 Å². The van der Waals surface area contributed by atoms with Crippen molar-refractivity contribution in [2.24, 2.45) is 4.99 Å². The van der Waals surface area contributed by atoms with Crippen molar-refractivity contribution >= 4 is 5.91 Å². The number of nitrogens with zero attached hydrogens (tertiary/aromatic N) is 2. The van der Waals surface area contributed by atoms with Crippen molar-refractivity contribution < 1.29 is 4.79 Å². The Morgan fingerprint density at radius 2 is 1.83 bits per heavy atom. The minimum atomic E-state index is -0.0113. The SMILES string of the molecule is CCc1ccc(C(=O)n2ccccc2=NC2CCCCC2)cc1. The fourth-order valence-corrected chi connectivity index (χ4v) is 3.13. The molecule has 3 nitrogen and oxygen atoms in total. The summed E-state index contributed by atoms with van der Waals surface area (Å²) in [5, 5.41) is 0. The third-order valence-corrected chi connectivity index (χ3v) is 4.56. The Morgan fingerprint density at radius 3 is 2.52 bits per heavy atom. The summed E-state index contributed by atoms with van der Waals surface area (Å²) in [7, 11) is 0. The number of benzene rings is 1. The highest BCUT2D eigenvalue weighted by atomic mass is 16.2. The zero-order valence-corrected chi connectivity index (χ0v) is 13.7. The molecule has 1 aromatic carbocycles. The largest absolute Gasteiger partial charge is 0.268 e. The molecule has 3 heteroatoms. The van der Waals surface area contributed by atoms with Crippen molar-refractivity contribution in [1.82, 2.24) is 4.57 Å². The van der Waals surface area contributed by atoms with E-state index in [4.69, 9.17) is 4.99 Å². The molecule has 0 radical (unpaired) electrons. The van der Waals surface area contributed by atoms with Gasteiger partial charge in [0.15, 0.2) is 0 Å². The van der Waals surface area contributed by atoms with Crippen LogP contribution in [0.4, 0.5) is 0 Å². The van der Waals surface area contributed by atoms with Crippen LogP contribution in [0.5, 0.6) is 0 Å². The standard InChI is InChI=1S/C20H24N2O/c1-2-16-11-13-17(14-12-16)20(23)22-15-7-6-10-19(22)21-18-8-4-3-5-9-18/h6-7,10-15,18H,2-5,8-9H2,1H3. The highest BCUT2D eigenvalue weighted by Crippen LogP contribution is 2.19. The summed E-state index contributed by atoms with van der Waals surface area (Å²) in [5.41, 5.74) is 2.72. The Hall–Kier alpha value is -2.16. The monoisotopic (exact) mass is 308 g/mol. The van der Waals surface area contributed by atoms with E-state index < -0.39 is 0 Å². The quantitative estimate of drug-likeness (QED) is 0.844. The number of pyridine rings is 1. The van der Waals surface area contributed by atoms with Gasteiger partial charge in [-0.3, -0.25) is 14.4 Å². The van der Waals surface area contributed by atoms with Gasteiger partial charge in [0, 0.05) is 11.8 Å². The minimum Gasteiger partial charge on any atom is -0.268 e. The summed E-state index contributed by atoms with van der Waals surface area (Å²) < 4.78 is 1.68. The Bertz CT molecular complexity index is 722. The van der Waals surface area contributed by atoms with Gasteiger partial charge in [-0.25, -0.2) is 0 Å². The molecule has 0 saturated heterocycles. The second-order valence-corrected chi connectivity index (χ2v) is 6.21. The number of carbonyl (C=O) groups is 1. The lowest BCUT2D eigenvalue weighted by Crippen LogP contribution is -2.29. The molecule has 0 atom stereocenters. The lowest BCUT2D eigenvalue weighted by atomic mass is 9.96. The Morgan fingerprint density at radius 1 is 1.09 bits per heavy atom. The van der Waals surface area contributed by atoms with E-state index in [1.54, 1.807) is 4.57 Å². The smallest absolute Gasteiger partial charge is 0.263 e. The average molecular weight is 308 g/mol. The second kappa shape index (κ2) is 7.40. The van der Waals surface area contributed by atoms with Crippen LogP contribution in [0.1, 0.15) is 54.9 Å². The van der Waals surface area contributed by atoms with E-state index in [1.165, 1.54) is 24.8 Å². The maximum Gasteiger partial charge on any atom is 0.263 e. The third kappa shape index (κ3) is 3.79. The van der Waals surface area contributed by atoms with Gasteiger partial charge in [0.2, 0.25) is 0 Å². The first-order valence-electron chi connectivity index (χ1n) is 8.63. The molecule has 0 bridgehead atoms. The van der Waals surface area contributed by atoms with Crippen LogP contribution in [0.25, 0.3) is 0 Å². The number of rotatable bonds is 3. The topological polar surface area (TPSA) is 34.4 Å². The van der Waals surface area contributed by atoms with Crippen molar-refractivity contribution in [2.75, 3.05) is 0 Å². The van der Waals surface area contributed by atoms with Crippen LogP contribution in [0.15, 0.2) is 53.7 Å². The van der Waals surface area contributed by atoms with Gasteiger partial charge in [0.25, 0.3) is 5.91 Å². The predicted octanol–water partition coefficient (Wildman–Crippen LogP) is 3.97. The van der Waals surface area contributed by atoms with E-state index in [2.05, 4.69) is 6.92 Å². The molecular formula is C20H24N2O. The summed E-state index contributed by atoms with van der Waals surface area (Å²) in [6.07, 6.45) is 8.86. The van der Waals surface area contributed by atoms with Crippen molar-refractivity contribution in [3.8, 4) is 0 Å². The van der Waals surface area contributed by atoms with E-state index in [0.29, 0.717) is 11.6 Å². The van der Waals surface area contributed by atoms with E-state index in [1.807, 2.05) is 48.7 Å². The fourth-order valence-electron chi connectivity index (χ4n) is 3.13. The van der Waals surface area contributed by atoms with Crippen LogP contribution in [0.2, 0.25) is 0 Å². The molecule has 0 unspecified atom stereocenters. The molecule has 1 aliphatic rings. The van der Waals surface area contributed by atoms with Gasteiger partial charge in [-0.15, -0.1) is 0 Å². The van der Waals surface area contributed by atoms with Gasteiger partial charge in [-0.2, -0.15) is 0 Å². The van der Waals surface area contributed by atoms with Crippen molar-refractivity contribution in [3.05, 3.63) is 65.3 Å². The van der Waals surface area contributed by atoms with Crippen molar-refractivity contribution in [1.29, 1.82) is 0 Å². The molecule has 1 saturated carbocycles. The third-order valence-electron chi connectivity index (χ3n) is 4.56. The summed E-state index contributed by atoms with van der Waals surface area (Å²) in [5.74, 6) is -0.0113. The number of hydrogen-bond acceptors (Lipinski definition) is 2. The van der Waals surface area contributed by atoms with Gasteiger partial charge in [0.05, 0.1) is 6.04 Å². The molecule has 3 rings (SSSR count). The molecular weight excluding hydrogens is 284 g/mol. The summed E-state index contributed by atoms with van der Waals surface area (Å²) >= 11 is 0. The molecule has 120 valence electrons. The molecule has 1 heterocycles. The molecule has 2 aromatic rings. The Balaban J connectivity index is 1.92. The first-order valence-corrected chi connectivity index (χ1v) is 8.63. The molecule has 23 heavy (non-hydrogen) atoms. The molecule has 1 fully saturated rings. The van der Waals surface area contributed by atoms with Gasteiger partial charge in [0.1, 0.15) is 5.49 Å². The number of aromatic nitrogens is 1. The van der Waals surface area contributed by atoms with Crippen LogP contribution in [0, 0.1) is 0 Å². The van der Waals surface area contributed by atoms with Crippen LogP contribution in [-0.2, 0) is 6.42 Å². The summed E-state index contributed by atoms with van der Waals surface area (Å²) in [4.78, 5) is 17.7. The predicted molar refractivity (Wildman–Crippen MR) is 92.4 cm³/mol. The van der Waals surface area contributed by atoms with Gasteiger partial charge in [-0.05, 0) is 49.1 Å². The van der Waals surface area contributed by atoms with Crippen LogP contribution in [0.3, 0.4) is 0 Å². The van der Waals surface area contributed by atoms with Crippen molar-refractivity contribution in [3.63, 3.8) is 0 Å². The summed E-state index contributed by atoms with van der Waals surface area (Å²) in [6.45, 7) is 2.12. The lowest BCUT2D eigenvalue weighted by molar-refractivity contribution is 0.0954. The number of hydrogen-bond donors (Lipinski definition) is 0. The maximum absolute atomic E-state index is 12.8. The van der Waals surface area contributed by atoms with Crippen molar-refractivity contribution in [2.45, 2.75) is 51.5 Å². The Kier molecular flexibility index (Phi) is 5.06. The van der Waals surface area contributed by atoms with Gasteiger partial charge >= 0.3 is 0 Å². The van der Waals surface area contributed by atoms with Crippen LogP contribution >= 0.6 is 0 Å². The number of carbonyl (C=O) groups excluding carboxylic acids is 1. The highest BCUT2D eigenvalue weighted by molar-refractivity contribution is 5.95. The van der Waals surface area contributed by atoms with E-state index in [-0.39, 0.29) is 5.91 Å².